The molecule has 3 aliphatic rings. The third-order valence-electron chi connectivity index (χ3n) is 6.25. The fraction of sp³-hybridized carbons (Fsp3) is 0.464. The smallest absolute Gasteiger partial charge is 0.328 e. The van der Waals surface area contributed by atoms with Gasteiger partial charge < -0.3 is 19.3 Å². The number of alkyl halides is 2. The minimum absolute atomic E-state index is 0.0806. The Morgan fingerprint density at radius 3 is 2.24 bits per heavy atom. The van der Waals surface area contributed by atoms with E-state index in [0.717, 1.165) is 17.1 Å². The first-order chi connectivity index (χ1) is 18.2. The molecule has 1 spiro atoms. The van der Waals surface area contributed by atoms with Crippen LogP contribution in [0, 0.1) is 0 Å². The van der Waals surface area contributed by atoms with Gasteiger partial charge in [0.25, 0.3) is 11.8 Å². The number of imide groups is 1. The number of fused-ring (bicyclic) bond motifs is 2. The second kappa shape index (κ2) is 14.5. The van der Waals surface area contributed by atoms with E-state index in [1.807, 2.05) is 51.2 Å². The first-order valence-corrected chi connectivity index (χ1v) is 13.5. The summed E-state index contributed by atoms with van der Waals surface area (Å²) in [6.07, 6.45) is 9.21. The van der Waals surface area contributed by atoms with Crippen molar-refractivity contribution in [2.75, 3.05) is 52.5 Å². The third-order valence-corrected chi connectivity index (χ3v) is 7.19. The number of likely N-dealkylation sites (N-methyl/N-ethyl adjacent to an activating group) is 1. The molecule has 0 N–H and O–H groups in total. The fourth-order valence-corrected chi connectivity index (χ4v) is 4.70. The second-order valence-electron chi connectivity index (χ2n) is 8.33. The van der Waals surface area contributed by atoms with Crippen LogP contribution in [0.2, 0.25) is 0 Å². The Bertz CT molecular complexity index is 1090. The highest BCUT2D eigenvalue weighted by Crippen LogP contribution is 2.47. The van der Waals surface area contributed by atoms with Gasteiger partial charge in [-0.1, -0.05) is 62.4 Å². The van der Waals surface area contributed by atoms with Gasteiger partial charge in [-0.2, -0.15) is 0 Å². The normalized spacial score (nSPS) is 23.9. The monoisotopic (exact) mass is 565 g/mol. The molecule has 3 unspecified atom stereocenters. The van der Waals surface area contributed by atoms with Crippen molar-refractivity contribution in [3.63, 3.8) is 0 Å². The summed E-state index contributed by atoms with van der Waals surface area (Å²) in [5.74, 6) is -1.00. The average molecular weight is 567 g/mol. The van der Waals surface area contributed by atoms with Crippen molar-refractivity contribution in [2.45, 2.75) is 37.1 Å². The second-order valence-corrected chi connectivity index (χ2v) is 9.34. The number of ether oxygens (including phenoxy) is 2. The summed E-state index contributed by atoms with van der Waals surface area (Å²) in [5, 5.41) is -0.573. The Labute approximate surface area is 235 Å². The van der Waals surface area contributed by atoms with Gasteiger partial charge in [0.2, 0.25) is 5.54 Å². The van der Waals surface area contributed by atoms with Crippen LogP contribution in [0.15, 0.2) is 60.2 Å². The maximum absolute atomic E-state index is 13.7. The van der Waals surface area contributed by atoms with Gasteiger partial charge in [0.1, 0.15) is 0 Å². The molecule has 1 fully saturated rings. The molecule has 1 aromatic rings. The zero-order valence-corrected chi connectivity index (χ0v) is 24.3. The number of allylic oxidation sites excluding steroid dienone is 5. The molecule has 1 saturated heterocycles. The number of nitrogens with zero attached hydrogens (tertiary/aromatic N) is 3. The van der Waals surface area contributed by atoms with Gasteiger partial charge in [-0.15, -0.1) is 23.2 Å². The van der Waals surface area contributed by atoms with Gasteiger partial charge in [0, 0.05) is 40.0 Å². The molecule has 1 aliphatic carbocycles. The summed E-state index contributed by atoms with van der Waals surface area (Å²) in [6.45, 7) is 7.28. The summed E-state index contributed by atoms with van der Waals surface area (Å²) >= 11 is 12.3. The number of halogens is 2. The molecule has 10 heteroatoms. The predicted octanol–water partition coefficient (Wildman–Crippen LogP) is 4.72. The Balaban J connectivity index is 0.000000773. The van der Waals surface area contributed by atoms with Crippen LogP contribution in [0.4, 0.5) is 10.5 Å². The number of rotatable bonds is 7. The molecule has 8 nitrogen and oxygen atoms in total. The molecule has 3 atom stereocenters. The van der Waals surface area contributed by atoms with Crippen molar-refractivity contribution in [3.8, 4) is 0 Å². The SMILES string of the molecule is CC.CCOC.COCCN1C(=O)N(C)C2(C1=O)C(=O)N(C/C=C/C1=CC(Cl)C(Cl)C=C1)c1ccccc12. The molecule has 4 amide bonds. The third kappa shape index (κ3) is 5.99. The highest BCUT2D eigenvalue weighted by atomic mass is 35.5. The molecule has 2 heterocycles. The molecule has 1 aromatic carbocycles. The molecule has 0 radical (unpaired) electrons. The number of para-hydroxylation sites is 1. The van der Waals surface area contributed by atoms with E-state index in [9.17, 15) is 14.4 Å². The maximum Gasteiger partial charge on any atom is 0.328 e. The lowest BCUT2D eigenvalue weighted by Gasteiger charge is -2.27. The number of hydrogen-bond acceptors (Lipinski definition) is 5. The molecular weight excluding hydrogens is 529 g/mol. The number of anilines is 1. The average Bonchev–Trinajstić information content (AvgIpc) is 3.29. The van der Waals surface area contributed by atoms with E-state index >= 15 is 0 Å². The van der Waals surface area contributed by atoms with Crippen LogP contribution in [0.25, 0.3) is 0 Å². The molecule has 208 valence electrons. The number of benzene rings is 1. The van der Waals surface area contributed by atoms with Crippen molar-refractivity contribution < 1.29 is 23.9 Å². The van der Waals surface area contributed by atoms with Crippen LogP contribution in [0.5, 0.6) is 0 Å². The predicted molar refractivity (Wildman–Crippen MR) is 152 cm³/mol. The molecular formula is C28H37Cl2N3O5. The van der Waals surface area contributed by atoms with Crippen molar-refractivity contribution in [2.24, 2.45) is 0 Å². The lowest BCUT2D eigenvalue weighted by atomic mass is 9.90. The largest absolute Gasteiger partial charge is 0.385 e. The summed E-state index contributed by atoms with van der Waals surface area (Å²) in [4.78, 5) is 43.9. The fourth-order valence-electron chi connectivity index (χ4n) is 4.32. The molecule has 0 bridgehead atoms. The number of urea groups is 1. The van der Waals surface area contributed by atoms with Crippen LogP contribution < -0.4 is 4.90 Å². The molecule has 0 aromatic heterocycles. The molecule has 4 rings (SSSR count). The van der Waals surface area contributed by atoms with Crippen molar-refractivity contribution in [3.05, 3.63) is 65.8 Å². The number of amides is 4. The van der Waals surface area contributed by atoms with Crippen LogP contribution in [0.1, 0.15) is 26.3 Å². The topological polar surface area (TPSA) is 79.4 Å². The standard InChI is InChI=1S/C23H23Cl2N3O4.C3H8O.C2H6/c1-26-22(31)28(12-13-32-2)21(30)23(26)16-7-3-4-8-19(16)27(20(23)29)11-5-6-15-9-10-17(24)18(25)14-15;1-3-4-2;1-2/h3-10,14,17-18H,11-13H2,1-2H3;3H2,1-2H3;1-2H3/b6-5+;;. The molecule has 2 aliphatic heterocycles. The Morgan fingerprint density at radius 1 is 1.00 bits per heavy atom. The van der Waals surface area contributed by atoms with E-state index in [4.69, 9.17) is 27.9 Å². The Hall–Kier alpha value is -2.65. The summed E-state index contributed by atoms with van der Waals surface area (Å²) in [7, 11) is 4.66. The van der Waals surface area contributed by atoms with E-state index in [1.54, 1.807) is 31.4 Å². The number of carbonyl (C=O) groups is 3. The van der Waals surface area contributed by atoms with Gasteiger partial charge in [-0.25, -0.2) is 4.79 Å². The first kappa shape index (κ1) is 31.6. The zero-order valence-electron chi connectivity index (χ0n) is 22.8. The summed E-state index contributed by atoms with van der Waals surface area (Å²) < 4.78 is 9.57. The molecule has 0 saturated carbocycles. The summed E-state index contributed by atoms with van der Waals surface area (Å²) in [5.41, 5.74) is 0.285. The highest BCUT2D eigenvalue weighted by Gasteiger charge is 2.66. The van der Waals surface area contributed by atoms with Crippen LogP contribution >= 0.6 is 23.2 Å². The van der Waals surface area contributed by atoms with Crippen molar-refractivity contribution in [1.29, 1.82) is 0 Å². The van der Waals surface area contributed by atoms with Gasteiger partial charge in [0.15, 0.2) is 0 Å². The van der Waals surface area contributed by atoms with Gasteiger partial charge in [-0.3, -0.25) is 14.5 Å². The minimum Gasteiger partial charge on any atom is -0.385 e. The quantitative estimate of drug-likeness (QED) is 0.271. The summed E-state index contributed by atoms with van der Waals surface area (Å²) in [6, 6.07) is 6.55. The van der Waals surface area contributed by atoms with E-state index < -0.39 is 23.4 Å². The van der Waals surface area contributed by atoms with Gasteiger partial charge in [0.05, 0.1) is 29.6 Å². The number of hydrogen-bond donors (Lipinski definition) is 0. The lowest BCUT2D eigenvalue weighted by Crippen LogP contribution is -2.53. The van der Waals surface area contributed by atoms with Gasteiger partial charge >= 0.3 is 6.03 Å². The van der Waals surface area contributed by atoms with Crippen molar-refractivity contribution >= 4 is 46.7 Å². The number of carbonyl (C=O) groups excluding carboxylic acids is 3. The first-order valence-electron chi connectivity index (χ1n) is 12.6. The van der Waals surface area contributed by atoms with E-state index in [-0.39, 0.29) is 30.5 Å². The Morgan fingerprint density at radius 2 is 1.63 bits per heavy atom. The minimum atomic E-state index is -1.70. The van der Waals surface area contributed by atoms with Crippen LogP contribution in [-0.4, -0.2) is 86.0 Å². The highest BCUT2D eigenvalue weighted by molar-refractivity contribution is 6.32. The maximum atomic E-state index is 13.7. The zero-order chi connectivity index (χ0) is 28.5. The van der Waals surface area contributed by atoms with E-state index in [0.29, 0.717) is 11.3 Å². The Kier molecular flexibility index (Phi) is 12.0. The van der Waals surface area contributed by atoms with E-state index in [1.165, 1.54) is 24.0 Å². The lowest BCUT2D eigenvalue weighted by molar-refractivity contribution is -0.141. The van der Waals surface area contributed by atoms with Crippen molar-refractivity contribution in [1.82, 2.24) is 9.80 Å². The van der Waals surface area contributed by atoms with Crippen LogP contribution in [-0.2, 0) is 24.6 Å². The van der Waals surface area contributed by atoms with E-state index in [2.05, 4.69) is 4.74 Å². The van der Waals surface area contributed by atoms with Gasteiger partial charge in [-0.05, 0) is 18.6 Å². The molecule has 38 heavy (non-hydrogen) atoms. The number of methoxy groups -OCH3 is 2. The van der Waals surface area contributed by atoms with Crippen LogP contribution in [0.3, 0.4) is 0 Å².